The average molecular weight is 338 g/mol. The molecule has 0 unspecified atom stereocenters. The number of hydrogen-bond donors (Lipinski definition) is 2. The average Bonchev–Trinajstić information content (AvgIpc) is 2.03. The molecule has 12 heteroatoms. The van der Waals surface area contributed by atoms with Crippen LogP contribution in [-0.4, -0.2) is 21.5 Å². The number of nitrogens with two attached hydrogens (primary N) is 5. The standard InChI is InChI=1S/C8H8O2.Co.H2NO3.5H2N/c9-8(10)6-7-4-2-1-3-5-7;;2-1(3)4;;;;;/h1-5H,6H2,(H,9,10);;(H2,2,3,4);5*1H2/q;+3;+1;5*-1/p-1. The molecule has 0 saturated heterocycles. The molecular weight excluding hydrogens is 319 g/mol. The third-order valence-electron chi connectivity index (χ3n) is 1.19. The number of carbonyl (C=O) groups is 1. The van der Waals surface area contributed by atoms with Gasteiger partial charge in [-0.3, -0.25) is 0 Å². The van der Waals surface area contributed by atoms with Crippen LogP contribution in [-0.2, 0) is 28.0 Å². The van der Waals surface area contributed by atoms with Gasteiger partial charge in [0, 0.05) is 12.4 Å². The normalized spacial score (nSPS) is 5.80. The largest absolute Gasteiger partial charge is 3.00 e. The van der Waals surface area contributed by atoms with Gasteiger partial charge in [0.1, 0.15) is 4.91 Å². The van der Waals surface area contributed by atoms with E-state index in [4.69, 9.17) is 15.3 Å². The summed E-state index contributed by atoms with van der Waals surface area (Å²) in [5.41, 5.74) is 0.780. The number of benzene rings is 1. The quantitative estimate of drug-likeness (QED) is 0.766. The van der Waals surface area contributed by atoms with E-state index in [2.05, 4.69) is 0 Å². The Bertz CT molecular complexity index is 311. The number of carbonyl (C=O) groups excluding carboxylic acids is 1. The Morgan fingerprint density at radius 3 is 1.55 bits per heavy atom. The summed E-state index contributed by atoms with van der Waals surface area (Å²) in [5, 5.41) is 22.6. The van der Waals surface area contributed by atoms with E-state index < -0.39 is 11.1 Å². The van der Waals surface area contributed by atoms with Crippen LogP contribution in [0.3, 0.4) is 0 Å². The summed E-state index contributed by atoms with van der Waals surface area (Å²) in [7, 11) is 0. The summed E-state index contributed by atoms with van der Waals surface area (Å²) >= 11 is 0. The van der Waals surface area contributed by atoms with Gasteiger partial charge in [0.05, 0.1) is 0 Å². The first-order valence-corrected chi connectivity index (χ1v) is 3.61. The van der Waals surface area contributed by atoms with Crippen LogP contribution >= 0.6 is 0 Å². The number of carboxylic acid groups (broad SMARTS) is 1. The van der Waals surface area contributed by atoms with Gasteiger partial charge in [0.25, 0.3) is 0 Å². The topological polar surface area (TPSA) is 268 Å². The zero-order valence-corrected chi connectivity index (χ0v) is 11.4. The van der Waals surface area contributed by atoms with Crippen LogP contribution < -0.4 is 5.11 Å². The van der Waals surface area contributed by atoms with Crippen molar-refractivity contribution in [2.75, 3.05) is 0 Å². The molecule has 0 heterocycles. The van der Waals surface area contributed by atoms with Crippen molar-refractivity contribution in [2.45, 2.75) is 6.42 Å². The van der Waals surface area contributed by atoms with Crippen LogP contribution in [0.1, 0.15) is 5.56 Å². The molecule has 0 aliphatic heterocycles. The smallest absolute Gasteiger partial charge is 0.693 e. The monoisotopic (exact) mass is 338 g/mol. The van der Waals surface area contributed by atoms with Gasteiger partial charge >= 0.3 is 21.9 Å². The maximum absolute atomic E-state index is 10.1. The molecule has 0 bridgehead atoms. The predicted octanol–water partition coefficient (Wildman–Crippen LogP) is 3.11. The Labute approximate surface area is 127 Å². The van der Waals surface area contributed by atoms with Gasteiger partial charge < -0.3 is 40.7 Å². The van der Waals surface area contributed by atoms with Crippen molar-refractivity contribution in [3.05, 3.63) is 71.6 Å². The summed E-state index contributed by atoms with van der Waals surface area (Å²) < 4.78 is 0. The van der Waals surface area contributed by atoms with Crippen molar-refractivity contribution in [3.8, 4) is 0 Å². The Morgan fingerprint density at radius 2 is 1.30 bits per heavy atom. The zero-order valence-electron chi connectivity index (χ0n) is 10.4. The molecule has 0 spiro atoms. The minimum Gasteiger partial charge on any atom is -0.693 e. The Morgan fingerprint density at radius 1 is 1.00 bits per heavy atom. The fraction of sp³-hybridized carbons (Fsp3) is 0.125. The van der Waals surface area contributed by atoms with Crippen molar-refractivity contribution >= 4 is 5.97 Å². The first-order valence-electron chi connectivity index (χ1n) is 3.61. The number of nitrogens with zero attached hydrogens (tertiary/aromatic N) is 1. The van der Waals surface area contributed by atoms with E-state index in [9.17, 15) is 9.90 Å². The van der Waals surface area contributed by atoms with Gasteiger partial charge in [-0.25, -0.2) is 10.4 Å². The molecule has 1 rings (SSSR count). The molecule has 20 heavy (non-hydrogen) atoms. The van der Waals surface area contributed by atoms with Gasteiger partial charge in [-0.05, 0) is 5.56 Å². The van der Waals surface area contributed by atoms with E-state index in [0.717, 1.165) is 5.56 Å². The van der Waals surface area contributed by atoms with Crippen LogP contribution in [0.15, 0.2) is 30.3 Å². The van der Waals surface area contributed by atoms with E-state index >= 15 is 0 Å². The van der Waals surface area contributed by atoms with E-state index in [1.165, 1.54) is 0 Å². The summed E-state index contributed by atoms with van der Waals surface area (Å²) in [6.07, 6.45) is 0.000833. The summed E-state index contributed by atoms with van der Waals surface area (Å²) in [6, 6.07) is 8.97. The minimum atomic E-state index is -1.25. The molecule has 122 valence electrons. The maximum atomic E-state index is 10.1. The molecule has 0 aliphatic rings. The molecule has 0 saturated carbocycles. The Balaban J connectivity index is -0.0000000309. The third kappa shape index (κ3) is 36.0. The van der Waals surface area contributed by atoms with Gasteiger partial charge in [-0.2, -0.15) is 0 Å². The fourth-order valence-corrected chi connectivity index (χ4v) is 0.763. The molecule has 0 radical (unpaired) electrons. The van der Waals surface area contributed by atoms with Gasteiger partial charge in [0.15, 0.2) is 0 Å². The number of hydrogen-bond acceptors (Lipinski definition) is 3. The SMILES string of the molecule is O=C([O-])Cc1ccccc1.O=[N+](O)O.[Co+3].[NH2-].[NH2-].[NH2-].[NH2-].[NH2-]. The number of carboxylic acids is 1. The molecule has 0 aliphatic carbocycles. The second kappa shape index (κ2) is 25.9. The molecule has 0 fully saturated rings. The van der Waals surface area contributed by atoms with E-state index in [-0.39, 0.29) is 54.0 Å². The molecule has 12 N–H and O–H groups in total. The summed E-state index contributed by atoms with van der Waals surface area (Å²) in [5.74, 6) is -1.04. The molecule has 0 atom stereocenters. The van der Waals surface area contributed by atoms with Crippen LogP contribution in [0.4, 0.5) is 0 Å². The first kappa shape index (κ1) is 42.9. The van der Waals surface area contributed by atoms with Crippen LogP contribution in [0, 0.1) is 4.91 Å². The van der Waals surface area contributed by atoms with Crippen molar-refractivity contribution < 1.29 is 42.2 Å². The molecule has 1 aromatic carbocycles. The third-order valence-corrected chi connectivity index (χ3v) is 1.19. The van der Waals surface area contributed by atoms with Crippen molar-refractivity contribution in [2.24, 2.45) is 0 Å². The van der Waals surface area contributed by atoms with Crippen LogP contribution in [0.25, 0.3) is 30.8 Å². The van der Waals surface area contributed by atoms with Gasteiger partial charge in [0.2, 0.25) is 0 Å². The second-order valence-electron chi connectivity index (χ2n) is 2.29. The second-order valence-corrected chi connectivity index (χ2v) is 2.29. The number of aliphatic carboxylic acids is 1. The summed E-state index contributed by atoms with van der Waals surface area (Å²) in [6.45, 7) is 0. The Kier molecular flexibility index (Phi) is 55.6. The molecule has 0 amide bonds. The van der Waals surface area contributed by atoms with Gasteiger partial charge in [-0.1, -0.05) is 30.3 Å². The van der Waals surface area contributed by atoms with Crippen molar-refractivity contribution in [1.82, 2.24) is 0 Å². The predicted molar refractivity (Wildman–Crippen MR) is 68.8 cm³/mol. The van der Waals surface area contributed by atoms with Gasteiger partial charge in [-0.15, -0.1) is 0 Å². The zero-order chi connectivity index (χ0) is 11.0. The molecule has 0 aromatic heterocycles. The molecule has 11 nitrogen and oxygen atoms in total. The minimum absolute atomic E-state index is 0. The first-order chi connectivity index (χ1) is 6.52. The fourth-order valence-electron chi connectivity index (χ4n) is 0.763. The summed E-state index contributed by atoms with van der Waals surface area (Å²) in [4.78, 5) is 18.5. The van der Waals surface area contributed by atoms with E-state index in [1.54, 1.807) is 24.3 Å². The van der Waals surface area contributed by atoms with Crippen LogP contribution in [0.2, 0.25) is 0 Å². The Hall–Kier alpha value is -1.80. The number of rotatable bonds is 2. The van der Waals surface area contributed by atoms with Crippen molar-refractivity contribution in [1.29, 1.82) is 0 Å². The van der Waals surface area contributed by atoms with Crippen molar-refractivity contribution in [3.63, 3.8) is 0 Å². The van der Waals surface area contributed by atoms with E-state index in [1.807, 2.05) is 6.07 Å². The van der Waals surface area contributed by atoms with Crippen LogP contribution in [0.5, 0.6) is 0 Å². The molecule has 1 aromatic rings. The molecular formula is C8H19CoN6O5-2. The maximum Gasteiger partial charge on any atom is 3.00 e. The van der Waals surface area contributed by atoms with E-state index in [0.29, 0.717) is 0 Å².